The third-order valence-corrected chi connectivity index (χ3v) is 4.57. The van der Waals surface area contributed by atoms with Crippen LogP contribution in [-0.2, 0) is 4.79 Å². The van der Waals surface area contributed by atoms with Crippen LogP contribution in [0.15, 0.2) is 0 Å². The first-order valence-electron chi connectivity index (χ1n) is 6.79. The van der Waals surface area contributed by atoms with Gasteiger partial charge in [-0.1, -0.05) is 12.8 Å². The second-order valence-corrected chi connectivity index (χ2v) is 6.19. The van der Waals surface area contributed by atoms with Gasteiger partial charge in [0.2, 0.25) is 5.91 Å². The van der Waals surface area contributed by atoms with Crippen LogP contribution >= 0.6 is 11.8 Å². The summed E-state index contributed by atoms with van der Waals surface area (Å²) in [5.41, 5.74) is 0. The van der Waals surface area contributed by atoms with Crippen LogP contribution in [0.3, 0.4) is 0 Å². The molecule has 1 saturated carbocycles. The summed E-state index contributed by atoms with van der Waals surface area (Å²) in [5, 5.41) is 3.05. The van der Waals surface area contributed by atoms with Gasteiger partial charge < -0.3 is 10.2 Å². The standard InChI is InChI=1S/C13H24N2OS/c1-17-10-13(16)14-8-11-6-7-15(9-11)12-4-2-3-5-12/h11-12H,2-10H2,1H3,(H,14,16). The molecule has 98 valence electrons. The average Bonchev–Trinajstić information content (AvgIpc) is 2.97. The molecule has 1 atom stereocenters. The van der Waals surface area contributed by atoms with E-state index in [2.05, 4.69) is 10.2 Å². The average molecular weight is 256 g/mol. The van der Waals surface area contributed by atoms with Crippen molar-refractivity contribution in [2.45, 2.75) is 38.1 Å². The number of thioether (sulfide) groups is 1. The number of rotatable bonds is 5. The van der Waals surface area contributed by atoms with Crippen LogP contribution < -0.4 is 5.32 Å². The van der Waals surface area contributed by atoms with E-state index in [1.165, 1.54) is 45.2 Å². The molecular weight excluding hydrogens is 232 g/mol. The van der Waals surface area contributed by atoms with Crippen molar-refractivity contribution in [3.8, 4) is 0 Å². The summed E-state index contributed by atoms with van der Waals surface area (Å²) >= 11 is 1.59. The van der Waals surface area contributed by atoms with E-state index in [0.29, 0.717) is 11.7 Å². The quantitative estimate of drug-likeness (QED) is 0.813. The van der Waals surface area contributed by atoms with Crippen LogP contribution in [0.4, 0.5) is 0 Å². The van der Waals surface area contributed by atoms with Crippen molar-refractivity contribution >= 4 is 17.7 Å². The lowest BCUT2D eigenvalue weighted by molar-refractivity contribution is -0.118. The molecule has 0 aromatic heterocycles. The molecule has 2 rings (SSSR count). The number of hydrogen-bond acceptors (Lipinski definition) is 3. The van der Waals surface area contributed by atoms with Gasteiger partial charge in [-0.15, -0.1) is 0 Å². The predicted octanol–water partition coefficient (Wildman–Crippen LogP) is 1.73. The zero-order chi connectivity index (χ0) is 12.1. The highest BCUT2D eigenvalue weighted by atomic mass is 32.2. The minimum atomic E-state index is 0.191. The van der Waals surface area contributed by atoms with E-state index in [-0.39, 0.29) is 5.91 Å². The second-order valence-electron chi connectivity index (χ2n) is 5.33. The molecule has 1 heterocycles. The van der Waals surface area contributed by atoms with E-state index >= 15 is 0 Å². The van der Waals surface area contributed by atoms with Gasteiger partial charge in [0.15, 0.2) is 0 Å². The second kappa shape index (κ2) is 6.64. The molecule has 0 bridgehead atoms. The fourth-order valence-corrected chi connectivity index (χ4v) is 3.43. The number of amides is 1. The largest absolute Gasteiger partial charge is 0.355 e. The van der Waals surface area contributed by atoms with Crippen molar-refractivity contribution in [1.29, 1.82) is 0 Å². The van der Waals surface area contributed by atoms with Crippen LogP contribution in [0.1, 0.15) is 32.1 Å². The molecule has 1 N–H and O–H groups in total. The molecule has 1 aliphatic carbocycles. The first-order valence-corrected chi connectivity index (χ1v) is 8.18. The number of carbonyl (C=O) groups is 1. The van der Waals surface area contributed by atoms with Crippen molar-refractivity contribution in [2.24, 2.45) is 5.92 Å². The monoisotopic (exact) mass is 256 g/mol. The molecule has 0 aromatic carbocycles. The SMILES string of the molecule is CSCC(=O)NCC1CCN(C2CCCC2)C1. The summed E-state index contributed by atoms with van der Waals surface area (Å²) in [7, 11) is 0. The molecular formula is C13H24N2OS. The lowest BCUT2D eigenvalue weighted by Crippen LogP contribution is -2.34. The normalized spacial score (nSPS) is 26.5. The van der Waals surface area contributed by atoms with Gasteiger partial charge in [-0.2, -0.15) is 11.8 Å². The Morgan fingerprint density at radius 2 is 2.12 bits per heavy atom. The third kappa shape index (κ3) is 3.88. The molecule has 1 unspecified atom stereocenters. The van der Waals surface area contributed by atoms with Crippen LogP contribution in [0, 0.1) is 5.92 Å². The summed E-state index contributed by atoms with van der Waals surface area (Å²) in [5.74, 6) is 1.47. The van der Waals surface area contributed by atoms with Crippen molar-refractivity contribution in [2.75, 3.05) is 31.6 Å². The first kappa shape index (κ1) is 13.2. The summed E-state index contributed by atoms with van der Waals surface area (Å²) in [6.45, 7) is 3.32. The number of nitrogens with one attached hydrogen (secondary N) is 1. The topological polar surface area (TPSA) is 32.3 Å². The van der Waals surface area contributed by atoms with Crippen LogP contribution in [-0.4, -0.2) is 48.5 Å². The maximum absolute atomic E-state index is 11.4. The molecule has 2 fully saturated rings. The number of likely N-dealkylation sites (tertiary alicyclic amines) is 1. The van der Waals surface area contributed by atoms with E-state index < -0.39 is 0 Å². The zero-order valence-corrected chi connectivity index (χ0v) is 11.6. The molecule has 0 radical (unpaired) electrons. The fourth-order valence-electron chi connectivity index (χ4n) is 3.07. The Bertz CT molecular complexity index is 254. The molecule has 0 aromatic rings. The van der Waals surface area contributed by atoms with Gasteiger partial charge in [-0.3, -0.25) is 4.79 Å². The lowest BCUT2D eigenvalue weighted by atomic mass is 10.1. The van der Waals surface area contributed by atoms with E-state index in [9.17, 15) is 4.79 Å². The Labute approximate surface area is 109 Å². The Morgan fingerprint density at radius 3 is 2.82 bits per heavy atom. The molecule has 1 amide bonds. The Morgan fingerprint density at radius 1 is 1.35 bits per heavy atom. The zero-order valence-electron chi connectivity index (χ0n) is 10.8. The van der Waals surface area contributed by atoms with Gasteiger partial charge in [0.25, 0.3) is 0 Å². The summed E-state index contributed by atoms with van der Waals surface area (Å²) in [4.78, 5) is 14.0. The van der Waals surface area contributed by atoms with Crippen LogP contribution in [0.2, 0.25) is 0 Å². The fraction of sp³-hybridized carbons (Fsp3) is 0.923. The minimum Gasteiger partial charge on any atom is -0.355 e. The highest BCUT2D eigenvalue weighted by molar-refractivity contribution is 7.99. The van der Waals surface area contributed by atoms with Gasteiger partial charge >= 0.3 is 0 Å². The van der Waals surface area contributed by atoms with Gasteiger partial charge in [0, 0.05) is 19.1 Å². The van der Waals surface area contributed by atoms with Gasteiger partial charge in [0.1, 0.15) is 0 Å². The predicted molar refractivity (Wildman–Crippen MR) is 73.3 cm³/mol. The molecule has 1 aliphatic heterocycles. The highest BCUT2D eigenvalue weighted by Crippen LogP contribution is 2.28. The molecule has 4 heteroatoms. The number of carbonyl (C=O) groups excluding carboxylic acids is 1. The molecule has 17 heavy (non-hydrogen) atoms. The summed E-state index contributed by atoms with van der Waals surface area (Å²) in [6, 6.07) is 0.849. The molecule has 2 aliphatic rings. The van der Waals surface area contributed by atoms with Gasteiger partial charge in [-0.25, -0.2) is 0 Å². The summed E-state index contributed by atoms with van der Waals surface area (Å²) in [6.07, 6.45) is 8.84. The van der Waals surface area contributed by atoms with Crippen molar-refractivity contribution in [3.63, 3.8) is 0 Å². The van der Waals surface area contributed by atoms with Crippen molar-refractivity contribution in [3.05, 3.63) is 0 Å². The number of hydrogen-bond donors (Lipinski definition) is 1. The maximum Gasteiger partial charge on any atom is 0.229 e. The van der Waals surface area contributed by atoms with Crippen LogP contribution in [0.5, 0.6) is 0 Å². The number of nitrogens with zero attached hydrogens (tertiary/aromatic N) is 1. The minimum absolute atomic E-state index is 0.191. The van der Waals surface area contributed by atoms with Crippen molar-refractivity contribution in [1.82, 2.24) is 10.2 Å². The smallest absolute Gasteiger partial charge is 0.229 e. The maximum atomic E-state index is 11.4. The van der Waals surface area contributed by atoms with E-state index in [1.807, 2.05) is 6.26 Å². The Hall–Kier alpha value is -0.220. The first-order chi connectivity index (χ1) is 8.29. The van der Waals surface area contributed by atoms with Gasteiger partial charge in [0.05, 0.1) is 5.75 Å². The molecule has 3 nitrogen and oxygen atoms in total. The van der Waals surface area contributed by atoms with Crippen molar-refractivity contribution < 1.29 is 4.79 Å². The van der Waals surface area contributed by atoms with Crippen LogP contribution in [0.25, 0.3) is 0 Å². The molecule has 1 saturated heterocycles. The highest BCUT2D eigenvalue weighted by Gasteiger charge is 2.29. The lowest BCUT2D eigenvalue weighted by Gasteiger charge is -2.23. The Kier molecular flexibility index (Phi) is 5.16. The third-order valence-electron chi connectivity index (χ3n) is 4.02. The molecule has 0 spiro atoms. The Balaban J connectivity index is 1.65. The van der Waals surface area contributed by atoms with E-state index in [1.54, 1.807) is 11.8 Å². The van der Waals surface area contributed by atoms with Gasteiger partial charge in [-0.05, 0) is 38.0 Å². The van der Waals surface area contributed by atoms with E-state index in [4.69, 9.17) is 0 Å². The van der Waals surface area contributed by atoms with E-state index in [0.717, 1.165) is 12.6 Å². The summed E-state index contributed by atoms with van der Waals surface area (Å²) < 4.78 is 0.